The average molecular weight is 524 g/mol. The first-order valence-electron chi connectivity index (χ1n) is 12.5. The second-order valence-corrected chi connectivity index (χ2v) is 10.3. The number of aromatic nitrogens is 3. The molecule has 0 aliphatic carbocycles. The van der Waals surface area contributed by atoms with Crippen LogP contribution in [0, 0.1) is 0 Å². The van der Waals surface area contributed by atoms with Gasteiger partial charge in [0, 0.05) is 81.3 Å². The third-order valence-corrected chi connectivity index (χ3v) is 7.30. The molecule has 2 fully saturated rings. The zero-order valence-corrected chi connectivity index (χ0v) is 22.1. The van der Waals surface area contributed by atoms with Crippen molar-refractivity contribution in [3.63, 3.8) is 0 Å². The Morgan fingerprint density at radius 2 is 1.76 bits per heavy atom. The fourth-order valence-electron chi connectivity index (χ4n) is 4.60. The normalized spacial score (nSPS) is 17.5. The zero-order chi connectivity index (χ0) is 25.6. The zero-order valence-electron chi connectivity index (χ0n) is 21.3. The molecule has 2 saturated heterocycles. The molecule has 0 radical (unpaired) electrons. The number of ether oxygens (including phenoxy) is 2. The minimum absolute atomic E-state index is 0.326. The molecule has 0 spiro atoms. The Morgan fingerprint density at radius 3 is 2.46 bits per heavy atom. The summed E-state index contributed by atoms with van der Waals surface area (Å²) >= 11 is 0. The number of rotatable bonds is 8. The van der Waals surface area contributed by atoms with Crippen LogP contribution >= 0.6 is 0 Å². The SMILES string of the molecule is COc1ncccc1CN1CCN(c2cc(Nc3ccc(N4CCOCC4)cc3)nc(S(C)=O)n2)CC1. The van der Waals surface area contributed by atoms with E-state index in [2.05, 4.69) is 53.2 Å². The number of nitrogens with one attached hydrogen (secondary N) is 1. The molecule has 11 heteroatoms. The van der Waals surface area contributed by atoms with Gasteiger partial charge in [0.05, 0.1) is 31.1 Å². The summed E-state index contributed by atoms with van der Waals surface area (Å²) in [6, 6.07) is 14.2. The Labute approximate surface area is 220 Å². The topological polar surface area (TPSA) is 96.0 Å². The van der Waals surface area contributed by atoms with Crippen molar-refractivity contribution in [2.45, 2.75) is 11.7 Å². The summed E-state index contributed by atoms with van der Waals surface area (Å²) in [7, 11) is 0.356. The van der Waals surface area contributed by atoms with Crippen molar-refractivity contribution in [1.82, 2.24) is 19.9 Å². The molecule has 1 aromatic carbocycles. The van der Waals surface area contributed by atoms with Crippen LogP contribution in [-0.4, -0.2) is 89.9 Å². The molecule has 2 aliphatic rings. The van der Waals surface area contributed by atoms with Gasteiger partial charge in [-0.1, -0.05) is 6.07 Å². The van der Waals surface area contributed by atoms with E-state index in [9.17, 15) is 4.21 Å². The number of nitrogens with zero attached hydrogens (tertiary/aromatic N) is 6. The van der Waals surface area contributed by atoms with Crippen molar-refractivity contribution in [1.29, 1.82) is 0 Å². The maximum Gasteiger partial charge on any atom is 0.222 e. The van der Waals surface area contributed by atoms with Gasteiger partial charge in [-0.2, -0.15) is 0 Å². The molecule has 5 rings (SSSR count). The highest BCUT2D eigenvalue weighted by Gasteiger charge is 2.21. The van der Waals surface area contributed by atoms with Gasteiger partial charge in [-0.15, -0.1) is 0 Å². The highest BCUT2D eigenvalue weighted by atomic mass is 32.2. The first kappa shape index (κ1) is 25.4. The van der Waals surface area contributed by atoms with Gasteiger partial charge in [-0.05, 0) is 30.3 Å². The smallest absolute Gasteiger partial charge is 0.222 e. The molecule has 196 valence electrons. The van der Waals surface area contributed by atoms with Crippen LogP contribution in [0.1, 0.15) is 5.56 Å². The molecule has 4 heterocycles. The number of methoxy groups -OCH3 is 1. The van der Waals surface area contributed by atoms with Crippen molar-refractivity contribution in [3.8, 4) is 5.88 Å². The van der Waals surface area contributed by atoms with Gasteiger partial charge in [0.1, 0.15) is 11.6 Å². The summed E-state index contributed by atoms with van der Waals surface area (Å²) in [5.74, 6) is 2.09. The van der Waals surface area contributed by atoms with E-state index < -0.39 is 10.8 Å². The molecule has 0 saturated carbocycles. The van der Waals surface area contributed by atoms with Crippen LogP contribution < -0.4 is 19.9 Å². The summed E-state index contributed by atoms with van der Waals surface area (Å²) < 4.78 is 23.2. The minimum atomic E-state index is -1.29. The number of benzene rings is 1. The van der Waals surface area contributed by atoms with E-state index in [0.717, 1.165) is 76.1 Å². The second-order valence-electron chi connectivity index (χ2n) is 9.05. The van der Waals surface area contributed by atoms with Gasteiger partial charge < -0.3 is 24.6 Å². The molecule has 2 aromatic heterocycles. The van der Waals surface area contributed by atoms with Crippen LogP contribution in [0.3, 0.4) is 0 Å². The summed E-state index contributed by atoms with van der Waals surface area (Å²) in [5, 5.41) is 3.70. The number of pyridine rings is 1. The Balaban J connectivity index is 1.26. The molecule has 1 atom stereocenters. The van der Waals surface area contributed by atoms with Crippen molar-refractivity contribution >= 4 is 33.8 Å². The lowest BCUT2D eigenvalue weighted by Gasteiger charge is -2.35. The molecule has 1 N–H and O–H groups in total. The third kappa shape index (κ3) is 6.35. The van der Waals surface area contributed by atoms with Crippen LogP contribution in [0.4, 0.5) is 23.0 Å². The van der Waals surface area contributed by atoms with E-state index in [0.29, 0.717) is 16.9 Å². The van der Waals surface area contributed by atoms with Gasteiger partial charge in [0.2, 0.25) is 11.0 Å². The lowest BCUT2D eigenvalue weighted by molar-refractivity contribution is 0.122. The molecular weight excluding hydrogens is 490 g/mol. The number of morpholine rings is 1. The van der Waals surface area contributed by atoms with Crippen LogP contribution in [0.25, 0.3) is 0 Å². The van der Waals surface area contributed by atoms with Crippen LogP contribution in [-0.2, 0) is 22.1 Å². The van der Waals surface area contributed by atoms with Crippen molar-refractivity contribution in [3.05, 3.63) is 54.2 Å². The maximum absolute atomic E-state index is 12.3. The molecule has 10 nitrogen and oxygen atoms in total. The van der Waals surface area contributed by atoms with E-state index in [4.69, 9.17) is 9.47 Å². The lowest BCUT2D eigenvalue weighted by Crippen LogP contribution is -2.46. The molecule has 37 heavy (non-hydrogen) atoms. The van der Waals surface area contributed by atoms with Crippen LogP contribution in [0.2, 0.25) is 0 Å². The highest BCUT2D eigenvalue weighted by Crippen LogP contribution is 2.25. The van der Waals surface area contributed by atoms with E-state index in [-0.39, 0.29) is 0 Å². The lowest BCUT2D eigenvalue weighted by atomic mass is 10.2. The van der Waals surface area contributed by atoms with Crippen LogP contribution in [0.5, 0.6) is 5.88 Å². The van der Waals surface area contributed by atoms with E-state index >= 15 is 0 Å². The van der Waals surface area contributed by atoms with Gasteiger partial charge >= 0.3 is 0 Å². The largest absolute Gasteiger partial charge is 0.481 e. The predicted octanol–water partition coefficient (Wildman–Crippen LogP) is 2.52. The maximum atomic E-state index is 12.3. The molecule has 2 aliphatic heterocycles. The number of piperazine rings is 1. The number of hydrogen-bond acceptors (Lipinski definition) is 10. The van der Waals surface area contributed by atoms with Crippen molar-refractivity contribution in [2.24, 2.45) is 0 Å². The van der Waals surface area contributed by atoms with Gasteiger partial charge in [-0.3, -0.25) is 9.11 Å². The van der Waals surface area contributed by atoms with Crippen LogP contribution in [0.15, 0.2) is 53.8 Å². The summed E-state index contributed by atoms with van der Waals surface area (Å²) in [4.78, 5) is 20.4. The average Bonchev–Trinajstić information content (AvgIpc) is 2.94. The first-order valence-corrected chi connectivity index (χ1v) is 14.0. The van der Waals surface area contributed by atoms with Gasteiger partial charge in [0.15, 0.2) is 0 Å². The molecule has 3 aromatic rings. The highest BCUT2D eigenvalue weighted by molar-refractivity contribution is 7.84. The molecule has 0 bridgehead atoms. The minimum Gasteiger partial charge on any atom is -0.481 e. The standard InChI is InChI=1S/C26H33N7O3S/c1-35-25-20(4-3-9-27-25)19-31-10-12-33(13-11-31)24-18-23(29-26(30-24)37(2)34)28-21-5-7-22(8-6-21)32-14-16-36-17-15-32/h3-9,18H,10-17,19H2,1-2H3,(H,28,29,30). The summed E-state index contributed by atoms with van der Waals surface area (Å²) in [6.07, 6.45) is 3.36. The van der Waals surface area contributed by atoms with Gasteiger partial charge in [0.25, 0.3) is 0 Å². The third-order valence-electron chi connectivity index (χ3n) is 6.60. The predicted molar refractivity (Wildman–Crippen MR) is 145 cm³/mol. The Hall–Kier alpha value is -3.28. The second kappa shape index (κ2) is 11.8. The van der Waals surface area contributed by atoms with E-state index in [1.54, 1.807) is 19.6 Å². The quantitative estimate of drug-likeness (QED) is 0.444. The number of hydrogen-bond donors (Lipinski definition) is 1. The fourth-order valence-corrected chi connectivity index (χ4v) is 5.05. The Morgan fingerprint density at radius 1 is 1.00 bits per heavy atom. The fraction of sp³-hybridized carbons (Fsp3) is 0.423. The summed E-state index contributed by atoms with van der Waals surface area (Å²) in [5.41, 5.74) is 3.18. The molecule has 1 unspecified atom stereocenters. The Kier molecular flexibility index (Phi) is 8.12. The van der Waals surface area contributed by atoms with Crippen molar-refractivity contribution < 1.29 is 13.7 Å². The van der Waals surface area contributed by atoms with Crippen molar-refractivity contribution in [2.75, 3.05) is 81.0 Å². The number of anilines is 4. The first-order chi connectivity index (χ1) is 18.1. The molecule has 0 amide bonds. The van der Waals surface area contributed by atoms with E-state index in [1.165, 1.54) is 5.69 Å². The summed E-state index contributed by atoms with van der Waals surface area (Å²) in [6.45, 7) is 7.46. The van der Waals surface area contributed by atoms with E-state index in [1.807, 2.05) is 24.3 Å². The molecular formula is C26H33N7O3S. The van der Waals surface area contributed by atoms with Gasteiger partial charge in [-0.25, -0.2) is 15.0 Å². The monoisotopic (exact) mass is 523 g/mol. The Bertz CT molecular complexity index is 1210.